The molecule has 0 heterocycles. The first kappa shape index (κ1) is 16.8. The van der Waals surface area contributed by atoms with Gasteiger partial charge in [-0.1, -0.05) is 24.3 Å². The molecular formula is C14H18N2O5. The van der Waals surface area contributed by atoms with E-state index in [4.69, 9.17) is 16.1 Å². The minimum Gasteiger partial charge on any atom is -0.478 e. The standard InChI is InChI=1S/C10H14N2O.C4H4O4/c1-12(11)9-6-7-4-2-3-5-8(7)10(9)13;5-3(6)1-2-4(7)8/h2-5,9-10,13H,6,11H2,1H3;1-2H,(H,5,6)(H,7,8)/b;2-1-/t9-,10+;/m0./s1. The molecule has 0 aromatic heterocycles. The largest absolute Gasteiger partial charge is 0.478 e. The van der Waals surface area contributed by atoms with Crippen molar-refractivity contribution >= 4 is 11.9 Å². The van der Waals surface area contributed by atoms with Gasteiger partial charge in [-0.05, 0) is 17.5 Å². The van der Waals surface area contributed by atoms with Crippen molar-refractivity contribution < 1.29 is 24.9 Å². The maximum atomic E-state index is 9.89. The minimum atomic E-state index is -1.26. The van der Waals surface area contributed by atoms with Crippen molar-refractivity contribution in [2.24, 2.45) is 5.84 Å². The summed E-state index contributed by atoms with van der Waals surface area (Å²) in [6.07, 6.45) is 1.51. The maximum Gasteiger partial charge on any atom is 0.328 e. The van der Waals surface area contributed by atoms with E-state index in [2.05, 4.69) is 0 Å². The summed E-state index contributed by atoms with van der Waals surface area (Å²) in [5.41, 5.74) is 2.22. The molecular weight excluding hydrogens is 276 g/mol. The number of aliphatic hydroxyl groups excluding tert-OH is 1. The number of nitrogens with two attached hydrogens (primary N) is 1. The number of carboxylic acid groups (broad SMARTS) is 2. The summed E-state index contributed by atoms with van der Waals surface area (Å²) in [6.45, 7) is 0. The average molecular weight is 294 g/mol. The van der Waals surface area contributed by atoms with Crippen LogP contribution in [0.2, 0.25) is 0 Å². The second kappa shape index (κ2) is 7.53. The minimum absolute atomic E-state index is 0.0254. The van der Waals surface area contributed by atoms with E-state index in [1.165, 1.54) is 5.56 Å². The predicted octanol–water partition coefficient (Wildman–Crippen LogP) is 0.162. The van der Waals surface area contributed by atoms with Crippen molar-refractivity contribution in [1.29, 1.82) is 0 Å². The Hall–Kier alpha value is -2.22. The summed E-state index contributed by atoms with van der Waals surface area (Å²) in [4.78, 5) is 19.1. The molecule has 0 fully saturated rings. The first-order chi connectivity index (χ1) is 9.82. The maximum absolute atomic E-state index is 9.89. The van der Waals surface area contributed by atoms with Gasteiger partial charge in [-0.3, -0.25) is 5.84 Å². The van der Waals surface area contributed by atoms with E-state index in [1.807, 2.05) is 24.3 Å². The van der Waals surface area contributed by atoms with E-state index in [0.29, 0.717) is 12.2 Å². The van der Waals surface area contributed by atoms with Crippen LogP contribution < -0.4 is 5.84 Å². The Morgan fingerprint density at radius 2 is 1.76 bits per heavy atom. The second-order valence-electron chi connectivity index (χ2n) is 4.59. The van der Waals surface area contributed by atoms with E-state index >= 15 is 0 Å². The molecule has 1 aromatic carbocycles. The highest BCUT2D eigenvalue weighted by molar-refractivity contribution is 5.89. The van der Waals surface area contributed by atoms with E-state index < -0.39 is 18.0 Å². The van der Waals surface area contributed by atoms with Crippen molar-refractivity contribution in [2.45, 2.75) is 18.6 Å². The Balaban J connectivity index is 0.000000240. The van der Waals surface area contributed by atoms with Gasteiger partial charge >= 0.3 is 11.9 Å². The summed E-state index contributed by atoms with van der Waals surface area (Å²) < 4.78 is 0. The zero-order chi connectivity index (χ0) is 16.0. The van der Waals surface area contributed by atoms with Crippen LogP contribution in [0.5, 0.6) is 0 Å². The monoisotopic (exact) mass is 294 g/mol. The number of rotatable bonds is 3. The van der Waals surface area contributed by atoms with Crippen LogP contribution in [0.1, 0.15) is 17.2 Å². The van der Waals surface area contributed by atoms with Crippen LogP contribution in [0.15, 0.2) is 36.4 Å². The van der Waals surface area contributed by atoms with Gasteiger partial charge in [-0.25, -0.2) is 14.6 Å². The van der Waals surface area contributed by atoms with E-state index in [1.54, 1.807) is 12.1 Å². The number of aliphatic hydroxyl groups is 1. The molecule has 2 rings (SSSR count). The lowest BCUT2D eigenvalue weighted by Gasteiger charge is -2.21. The number of hydrazine groups is 1. The van der Waals surface area contributed by atoms with Gasteiger partial charge in [0.1, 0.15) is 0 Å². The van der Waals surface area contributed by atoms with Crippen LogP contribution in [0.3, 0.4) is 0 Å². The summed E-state index contributed by atoms with van der Waals surface area (Å²) in [6, 6.07) is 7.97. The average Bonchev–Trinajstić information content (AvgIpc) is 2.75. The first-order valence-electron chi connectivity index (χ1n) is 6.20. The quantitative estimate of drug-likeness (QED) is 0.355. The Morgan fingerprint density at radius 3 is 2.19 bits per heavy atom. The van der Waals surface area contributed by atoms with Gasteiger partial charge in [0.05, 0.1) is 12.1 Å². The summed E-state index contributed by atoms with van der Waals surface area (Å²) in [5, 5.41) is 27.1. The van der Waals surface area contributed by atoms with Crippen molar-refractivity contribution in [3.63, 3.8) is 0 Å². The summed E-state index contributed by atoms with van der Waals surface area (Å²) in [5.74, 6) is 3.13. The van der Waals surface area contributed by atoms with Crippen LogP contribution in [0.4, 0.5) is 0 Å². The number of carbonyl (C=O) groups is 2. The van der Waals surface area contributed by atoms with E-state index in [0.717, 1.165) is 12.0 Å². The third-order valence-corrected chi connectivity index (χ3v) is 3.06. The van der Waals surface area contributed by atoms with Crippen LogP contribution in [-0.2, 0) is 16.0 Å². The van der Waals surface area contributed by atoms with Gasteiger partial charge in [0.25, 0.3) is 0 Å². The lowest BCUT2D eigenvalue weighted by molar-refractivity contribution is -0.134. The second-order valence-corrected chi connectivity index (χ2v) is 4.59. The highest BCUT2D eigenvalue weighted by atomic mass is 16.4. The van der Waals surface area contributed by atoms with Gasteiger partial charge in [0.2, 0.25) is 0 Å². The number of benzene rings is 1. The molecule has 0 saturated heterocycles. The predicted molar refractivity (Wildman–Crippen MR) is 75.3 cm³/mol. The van der Waals surface area contributed by atoms with Crippen molar-refractivity contribution in [2.75, 3.05) is 7.05 Å². The van der Waals surface area contributed by atoms with Crippen molar-refractivity contribution in [3.8, 4) is 0 Å². The molecule has 7 nitrogen and oxygen atoms in total. The van der Waals surface area contributed by atoms with E-state index in [-0.39, 0.29) is 6.04 Å². The molecule has 1 aromatic rings. The number of aliphatic carboxylic acids is 2. The van der Waals surface area contributed by atoms with Crippen LogP contribution in [0.25, 0.3) is 0 Å². The van der Waals surface area contributed by atoms with Crippen molar-refractivity contribution in [1.82, 2.24) is 5.01 Å². The fraction of sp³-hybridized carbons (Fsp3) is 0.286. The molecule has 0 saturated carbocycles. The fourth-order valence-corrected chi connectivity index (χ4v) is 2.06. The molecule has 0 bridgehead atoms. The Labute approximate surface area is 121 Å². The molecule has 2 atom stereocenters. The number of likely N-dealkylation sites (N-methyl/N-ethyl adjacent to an activating group) is 1. The number of hydrogen-bond donors (Lipinski definition) is 4. The normalized spacial score (nSPS) is 20.0. The number of nitrogens with zero attached hydrogens (tertiary/aromatic N) is 1. The van der Waals surface area contributed by atoms with Gasteiger partial charge in [0, 0.05) is 19.2 Å². The lowest BCUT2D eigenvalue weighted by atomic mass is 10.1. The van der Waals surface area contributed by atoms with Crippen LogP contribution >= 0.6 is 0 Å². The molecule has 21 heavy (non-hydrogen) atoms. The Bertz CT molecular complexity index is 526. The topological polar surface area (TPSA) is 124 Å². The van der Waals surface area contributed by atoms with E-state index in [9.17, 15) is 14.7 Å². The molecule has 1 aliphatic rings. The number of fused-ring (bicyclic) bond motifs is 1. The highest BCUT2D eigenvalue weighted by Gasteiger charge is 2.32. The number of carboxylic acids is 2. The molecule has 0 spiro atoms. The van der Waals surface area contributed by atoms with Crippen LogP contribution in [0, 0.1) is 0 Å². The van der Waals surface area contributed by atoms with Gasteiger partial charge < -0.3 is 15.3 Å². The molecule has 1 aliphatic carbocycles. The van der Waals surface area contributed by atoms with Crippen molar-refractivity contribution in [3.05, 3.63) is 47.5 Å². The zero-order valence-electron chi connectivity index (χ0n) is 11.5. The Kier molecular flexibility index (Phi) is 6.04. The number of hydrogen-bond acceptors (Lipinski definition) is 5. The molecule has 5 N–H and O–H groups in total. The highest BCUT2D eigenvalue weighted by Crippen LogP contribution is 2.32. The first-order valence-corrected chi connectivity index (χ1v) is 6.20. The summed E-state index contributed by atoms with van der Waals surface area (Å²) >= 11 is 0. The fourth-order valence-electron chi connectivity index (χ4n) is 2.06. The molecule has 0 radical (unpaired) electrons. The molecule has 7 heteroatoms. The lowest BCUT2D eigenvalue weighted by Crippen LogP contribution is -2.40. The van der Waals surface area contributed by atoms with Crippen LogP contribution in [-0.4, -0.2) is 45.4 Å². The third-order valence-electron chi connectivity index (χ3n) is 3.06. The Morgan fingerprint density at radius 1 is 1.24 bits per heavy atom. The zero-order valence-corrected chi connectivity index (χ0v) is 11.5. The molecule has 0 aliphatic heterocycles. The third kappa shape index (κ3) is 4.99. The van der Waals surface area contributed by atoms with Gasteiger partial charge in [-0.2, -0.15) is 0 Å². The molecule has 0 unspecified atom stereocenters. The molecule has 0 amide bonds. The SMILES string of the molecule is CN(N)[C@H]1Cc2ccccc2[C@H]1O.O=C(O)/C=C\C(=O)O. The molecule has 114 valence electrons. The van der Waals surface area contributed by atoms with Gasteiger partial charge in [-0.15, -0.1) is 0 Å². The smallest absolute Gasteiger partial charge is 0.328 e. The van der Waals surface area contributed by atoms with Gasteiger partial charge in [0.15, 0.2) is 0 Å². The summed E-state index contributed by atoms with van der Waals surface area (Å²) in [7, 11) is 1.79.